The van der Waals surface area contributed by atoms with Gasteiger partial charge in [-0.15, -0.1) is 0 Å². The third-order valence-corrected chi connectivity index (χ3v) is 8.09. The fourth-order valence-electron chi connectivity index (χ4n) is 5.27. The Morgan fingerprint density at radius 3 is 2.49 bits per heavy atom. The Labute approximate surface area is 226 Å². The van der Waals surface area contributed by atoms with Gasteiger partial charge in [0.1, 0.15) is 11.6 Å². The van der Waals surface area contributed by atoms with Gasteiger partial charge in [0, 0.05) is 11.1 Å². The van der Waals surface area contributed by atoms with Crippen LogP contribution in [-0.4, -0.2) is 76.6 Å². The van der Waals surface area contributed by atoms with Crippen LogP contribution in [0.1, 0.15) is 67.9 Å². The molecule has 1 aromatic heterocycles. The summed E-state index contributed by atoms with van der Waals surface area (Å²) in [5.74, 6) is -2.45. The molecule has 1 fully saturated rings. The molecule has 0 aliphatic carbocycles. The van der Waals surface area contributed by atoms with Crippen LogP contribution in [0.15, 0.2) is 36.4 Å². The number of fused-ring (bicyclic) bond motifs is 3. The van der Waals surface area contributed by atoms with E-state index in [0.717, 1.165) is 4.90 Å². The molecular formula is C26H29B2F2N3O6. The highest BCUT2D eigenvalue weighted by atomic mass is 19.3. The van der Waals surface area contributed by atoms with E-state index in [9.17, 15) is 23.8 Å². The molecule has 39 heavy (non-hydrogen) atoms. The Morgan fingerprint density at radius 1 is 1.23 bits per heavy atom. The maximum absolute atomic E-state index is 13.4. The molecule has 0 bridgehead atoms. The molecule has 1 unspecified atom stereocenters. The number of hydrogen-bond donors (Lipinski definition) is 2. The SMILES string of the molecule is [B]C(O)(O)N(C)C1C[C@H](c2c(C=O)cccc2OC(F)F)n2c1nc1ccc(B3OC(C)(C)C(C)(C)O3)cc12. The molecule has 2 radical (unpaired) electrons. The van der Waals surface area contributed by atoms with Gasteiger partial charge in [-0.3, -0.25) is 9.69 Å². The van der Waals surface area contributed by atoms with Gasteiger partial charge >= 0.3 is 13.7 Å². The van der Waals surface area contributed by atoms with Crippen LogP contribution in [0.25, 0.3) is 11.0 Å². The minimum atomic E-state index is -3.12. The highest BCUT2D eigenvalue weighted by Crippen LogP contribution is 2.47. The number of carbonyl (C=O) groups excluding carboxylic acids is 1. The first-order valence-electron chi connectivity index (χ1n) is 12.5. The third-order valence-electron chi connectivity index (χ3n) is 8.09. The molecule has 204 valence electrons. The van der Waals surface area contributed by atoms with Crippen molar-refractivity contribution in [1.29, 1.82) is 0 Å². The summed E-state index contributed by atoms with van der Waals surface area (Å²) in [6, 6.07) is 8.31. The number of imidazole rings is 1. The number of nitrogens with zero attached hydrogens (tertiary/aromatic N) is 3. The Balaban J connectivity index is 1.70. The molecule has 5 rings (SSSR count). The lowest BCUT2D eigenvalue weighted by atomic mass is 9.79. The standard InChI is InChI=1S/C26H29B2F2N3O6/c1-24(2)25(3,4)39-28(38-24)15-9-10-16-17(11-15)33-18(12-19(22(33)31-16)32(5)26(27,35)36)21-14(13-34)7-6-8-20(21)37-23(29)30/h6-11,13,18-19,23,35-36H,12H2,1-5H3/t18-,19?/m1/s1. The van der Waals surface area contributed by atoms with Crippen LogP contribution in [0, 0.1) is 0 Å². The molecule has 2 N–H and O–H groups in total. The summed E-state index contributed by atoms with van der Waals surface area (Å²) >= 11 is 0. The summed E-state index contributed by atoms with van der Waals surface area (Å²) in [7, 11) is 6.33. The van der Waals surface area contributed by atoms with Crippen molar-refractivity contribution in [2.75, 3.05) is 7.05 Å². The van der Waals surface area contributed by atoms with Crippen LogP contribution in [0.4, 0.5) is 8.78 Å². The topological polar surface area (TPSA) is 106 Å². The monoisotopic (exact) mass is 539 g/mol. The molecule has 1 saturated heterocycles. The molecule has 3 aromatic rings. The first kappa shape index (κ1) is 27.7. The first-order valence-corrected chi connectivity index (χ1v) is 12.5. The van der Waals surface area contributed by atoms with Gasteiger partial charge in [0.05, 0.1) is 34.3 Å². The second-order valence-electron chi connectivity index (χ2n) is 11.0. The maximum atomic E-state index is 13.4. The zero-order chi connectivity index (χ0) is 28.5. The van der Waals surface area contributed by atoms with Crippen molar-refractivity contribution < 1.29 is 37.8 Å². The van der Waals surface area contributed by atoms with Gasteiger partial charge in [0.25, 0.3) is 0 Å². The zero-order valence-corrected chi connectivity index (χ0v) is 22.3. The van der Waals surface area contributed by atoms with Gasteiger partial charge in [-0.1, -0.05) is 18.2 Å². The number of carbonyl (C=O) groups is 1. The number of alkyl halides is 2. The lowest BCUT2D eigenvalue weighted by molar-refractivity contribution is -0.202. The second-order valence-corrected chi connectivity index (χ2v) is 11.0. The molecular weight excluding hydrogens is 510 g/mol. The smallest absolute Gasteiger partial charge is 0.434 e. The zero-order valence-electron chi connectivity index (χ0n) is 22.3. The van der Waals surface area contributed by atoms with Crippen molar-refractivity contribution >= 4 is 37.7 Å². The minimum Gasteiger partial charge on any atom is -0.434 e. The number of aliphatic hydroxyl groups is 2. The van der Waals surface area contributed by atoms with Crippen molar-refractivity contribution in [3.05, 3.63) is 53.3 Å². The summed E-state index contributed by atoms with van der Waals surface area (Å²) < 4.78 is 45.8. The fourth-order valence-corrected chi connectivity index (χ4v) is 5.27. The van der Waals surface area contributed by atoms with Gasteiger partial charge in [-0.2, -0.15) is 8.78 Å². The molecule has 2 aliphatic heterocycles. The van der Waals surface area contributed by atoms with E-state index in [1.165, 1.54) is 25.2 Å². The molecule has 9 nitrogen and oxygen atoms in total. The summed E-state index contributed by atoms with van der Waals surface area (Å²) in [4.78, 5) is 17.9. The Morgan fingerprint density at radius 2 is 1.90 bits per heavy atom. The quantitative estimate of drug-likeness (QED) is 0.268. The normalized spacial score (nSPS) is 22.2. The number of hydrogen-bond acceptors (Lipinski definition) is 8. The lowest BCUT2D eigenvalue weighted by Gasteiger charge is -2.33. The van der Waals surface area contributed by atoms with Crippen LogP contribution >= 0.6 is 0 Å². The van der Waals surface area contributed by atoms with Crippen molar-refractivity contribution in [3.8, 4) is 5.75 Å². The van der Waals surface area contributed by atoms with Crippen molar-refractivity contribution in [3.63, 3.8) is 0 Å². The van der Waals surface area contributed by atoms with E-state index in [1.807, 2.05) is 39.8 Å². The van der Waals surface area contributed by atoms with Crippen LogP contribution < -0.4 is 10.2 Å². The van der Waals surface area contributed by atoms with Gasteiger partial charge in [-0.05, 0) is 64.8 Å². The number of aldehydes is 1. The largest absolute Gasteiger partial charge is 0.494 e. The maximum Gasteiger partial charge on any atom is 0.494 e. The molecule has 0 amide bonds. The number of ether oxygens (including phenoxy) is 1. The van der Waals surface area contributed by atoms with Gasteiger partial charge in [0.15, 0.2) is 19.9 Å². The van der Waals surface area contributed by atoms with Crippen LogP contribution in [0.3, 0.4) is 0 Å². The summed E-state index contributed by atoms with van der Waals surface area (Å²) in [5.41, 5.74) is 1.13. The number of benzene rings is 2. The van der Waals surface area contributed by atoms with Crippen molar-refractivity contribution in [1.82, 2.24) is 14.5 Å². The predicted octanol–water partition coefficient (Wildman–Crippen LogP) is 2.48. The van der Waals surface area contributed by atoms with Crippen molar-refractivity contribution in [2.45, 2.75) is 69.8 Å². The van der Waals surface area contributed by atoms with E-state index in [1.54, 1.807) is 10.6 Å². The third kappa shape index (κ3) is 4.66. The molecule has 13 heteroatoms. The number of halogens is 2. The molecule has 3 heterocycles. The summed E-state index contributed by atoms with van der Waals surface area (Å²) in [6.07, 6.45) is 0.713. The number of rotatable bonds is 7. The Hall–Kier alpha value is -2.83. The predicted molar refractivity (Wildman–Crippen MR) is 140 cm³/mol. The average Bonchev–Trinajstić information content (AvgIpc) is 3.45. The molecule has 0 spiro atoms. The van der Waals surface area contributed by atoms with E-state index in [2.05, 4.69) is 0 Å². The molecule has 0 saturated carbocycles. The van der Waals surface area contributed by atoms with Gasteiger partial charge < -0.3 is 28.8 Å². The summed E-state index contributed by atoms with van der Waals surface area (Å²) in [5, 5.41) is 20.3. The van der Waals surface area contributed by atoms with Crippen molar-refractivity contribution in [2.24, 2.45) is 0 Å². The Bertz CT molecular complexity index is 1410. The molecule has 2 atom stereocenters. The molecule has 2 aromatic carbocycles. The Kier molecular flexibility index (Phi) is 6.67. The number of aromatic nitrogens is 2. The van der Waals surface area contributed by atoms with Gasteiger partial charge in [0.2, 0.25) is 0 Å². The van der Waals surface area contributed by atoms with E-state index < -0.39 is 42.8 Å². The lowest BCUT2D eigenvalue weighted by Crippen LogP contribution is -2.48. The van der Waals surface area contributed by atoms with Crippen LogP contribution in [-0.2, 0) is 9.31 Å². The van der Waals surface area contributed by atoms with E-state index in [0.29, 0.717) is 28.6 Å². The highest BCUT2D eigenvalue weighted by Gasteiger charge is 2.52. The van der Waals surface area contributed by atoms with Crippen LogP contribution in [0.5, 0.6) is 5.75 Å². The highest BCUT2D eigenvalue weighted by molar-refractivity contribution is 6.62. The summed E-state index contributed by atoms with van der Waals surface area (Å²) in [6.45, 7) is 4.67. The van der Waals surface area contributed by atoms with Crippen LogP contribution in [0.2, 0.25) is 0 Å². The average molecular weight is 539 g/mol. The second kappa shape index (κ2) is 9.38. The van der Waals surface area contributed by atoms with Gasteiger partial charge in [-0.25, -0.2) is 4.98 Å². The van der Waals surface area contributed by atoms with E-state index >= 15 is 0 Å². The van der Waals surface area contributed by atoms with E-state index in [-0.39, 0.29) is 23.3 Å². The fraction of sp³-hybridized carbons (Fsp3) is 0.462. The first-order chi connectivity index (χ1) is 18.1. The van der Waals surface area contributed by atoms with E-state index in [4.69, 9.17) is 26.9 Å². The minimum absolute atomic E-state index is 0.139. The molecule has 2 aliphatic rings.